The molecule has 0 fully saturated rings. The number of halogens is 3. The van der Waals surface area contributed by atoms with E-state index in [4.69, 9.17) is 0 Å². The summed E-state index contributed by atoms with van der Waals surface area (Å²) in [5.74, 6) is -0.298. The third kappa shape index (κ3) is 7.73. The Labute approximate surface area is 191 Å². The maximum Gasteiger partial charge on any atom is 0.416 e. The highest BCUT2D eigenvalue weighted by atomic mass is 19.4. The molecule has 33 heavy (non-hydrogen) atoms. The van der Waals surface area contributed by atoms with Gasteiger partial charge in [-0.3, -0.25) is 4.79 Å². The quantitative estimate of drug-likeness (QED) is 0.421. The lowest BCUT2D eigenvalue weighted by Gasteiger charge is -2.19. The van der Waals surface area contributed by atoms with Crippen LogP contribution in [0.25, 0.3) is 0 Å². The third-order valence-corrected chi connectivity index (χ3v) is 5.29. The maximum atomic E-state index is 12.8. The first kappa shape index (κ1) is 24.5. The number of carbonyl (C=O) groups is 1. The Morgan fingerprint density at radius 2 is 1.45 bits per heavy atom. The standard InChI is InChI=1S/C26H27F3N2O2/c27-26(28,29)22-13-7-8-19(14-22)16-30-17-23(32)18-31-25(33)15-24(20-9-3-1-4-10-20)21-11-5-2-6-12-21/h1-14,23-24,30,32H,15-18H2,(H,31,33). The molecule has 7 heteroatoms. The van der Waals surface area contributed by atoms with E-state index in [9.17, 15) is 23.1 Å². The number of alkyl halides is 3. The number of hydrogen-bond acceptors (Lipinski definition) is 3. The molecule has 0 spiro atoms. The van der Waals surface area contributed by atoms with Crippen molar-refractivity contribution >= 4 is 5.91 Å². The molecule has 1 amide bonds. The van der Waals surface area contributed by atoms with Gasteiger partial charge in [-0.15, -0.1) is 0 Å². The van der Waals surface area contributed by atoms with Crippen molar-refractivity contribution in [2.45, 2.75) is 31.2 Å². The summed E-state index contributed by atoms with van der Waals surface area (Å²) in [4.78, 5) is 12.6. The summed E-state index contributed by atoms with van der Waals surface area (Å²) in [6, 6.07) is 24.6. The Balaban J connectivity index is 1.47. The van der Waals surface area contributed by atoms with Crippen LogP contribution in [0.2, 0.25) is 0 Å². The monoisotopic (exact) mass is 456 g/mol. The van der Waals surface area contributed by atoms with Crippen LogP contribution in [0.15, 0.2) is 84.9 Å². The summed E-state index contributed by atoms with van der Waals surface area (Å²) in [5.41, 5.74) is 1.82. The second-order valence-corrected chi connectivity index (χ2v) is 7.87. The Morgan fingerprint density at radius 3 is 2.03 bits per heavy atom. The molecule has 0 aliphatic heterocycles. The van der Waals surface area contributed by atoms with Crippen LogP contribution in [0.1, 0.15) is 34.6 Å². The second kappa shape index (κ2) is 11.6. The van der Waals surface area contributed by atoms with Crippen molar-refractivity contribution in [2.75, 3.05) is 13.1 Å². The van der Waals surface area contributed by atoms with E-state index in [0.717, 1.165) is 23.3 Å². The van der Waals surface area contributed by atoms with Gasteiger partial charge in [0.2, 0.25) is 5.91 Å². The van der Waals surface area contributed by atoms with E-state index < -0.39 is 17.8 Å². The van der Waals surface area contributed by atoms with Crippen molar-refractivity contribution in [2.24, 2.45) is 0 Å². The average molecular weight is 457 g/mol. The summed E-state index contributed by atoms with van der Waals surface area (Å²) in [6.45, 7) is 0.362. The van der Waals surface area contributed by atoms with Gasteiger partial charge in [0.1, 0.15) is 0 Å². The van der Waals surface area contributed by atoms with Gasteiger partial charge >= 0.3 is 6.18 Å². The molecule has 174 valence electrons. The molecule has 0 aliphatic carbocycles. The van der Waals surface area contributed by atoms with Gasteiger partial charge in [-0.1, -0.05) is 78.9 Å². The number of amides is 1. The number of benzene rings is 3. The predicted octanol–water partition coefficient (Wildman–Crippen LogP) is 4.49. The van der Waals surface area contributed by atoms with E-state index in [1.54, 1.807) is 6.07 Å². The van der Waals surface area contributed by atoms with Crippen LogP contribution in [0.5, 0.6) is 0 Å². The first-order valence-corrected chi connectivity index (χ1v) is 10.7. The highest BCUT2D eigenvalue weighted by Gasteiger charge is 2.30. The number of aliphatic hydroxyl groups is 1. The third-order valence-electron chi connectivity index (χ3n) is 5.29. The minimum Gasteiger partial charge on any atom is -0.390 e. The maximum absolute atomic E-state index is 12.8. The van der Waals surface area contributed by atoms with Crippen LogP contribution in [0.3, 0.4) is 0 Å². The molecule has 0 saturated carbocycles. The topological polar surface area (TPSA) is 61.4 Å². The minimum absolute atomic E-state index is 0.0464. The molecule has 3 aromatic rings. The lowest BCUT2D eigenvalue weighted by molar-refractivity contribution is -0.137. The van der Waals surface area contributed by atoms with Crippen LogP contribution in [-0.4, -0.2) is 30.2 Å². The van der Waals surface area contributed by atoms with E-state index in [1.807, 2.05) is 60.7 Å². The zero-order chi connectivity index (χ0) is 23.7. The highest BCUT2D eigenvalue weighted by Crippen LogP contribution is 2.29. The zero-order valence-electron chi connectivity index (χ0n) is 18.1. The van der Waals surface area contributed by atoms with Crippen molar-refractivity contribution in [3.8, 4) is 0 Å². The van der Waals surface area contributed by atoms with Gasteiger partial charge in [-0.2, -0.15) is 13.2 Å². The van der Waals surface area contributed by atoms with Gasteiger partial charge in [-0.25, -0.2) is 0 Å². The van der Waals surface area contributed by atoms with Crippen molar-refractivity contribution in [1.82, 2.24) is 10.6 Å². The Hall–Kier alpha value is -3.16. The molecule has 1 unspecified atom stereocenters. The zero-order valence-corrected chi connectivity index (χ0v) is 18.1. The number of hydrogen-bond donors (Lipinski definition) is 3. The average Bonchev–Trinajstić information content (AvgIpc) is 2.82. The molecule has 0 bridgehead atoms. The number of rotatable bonds is 10. The molecule has 3 aromatic carbocycles. The molecule has 0 radical (unpaired) electrons. The summed E-state index contributed by atoms with van der Waals surface area (Å²) in [6.07, 6.45) is -5.03. The van der Waals surface area contributed by atoms with Crippen molar-refractivity contribution in [1.29, 1.82) is 0 Å². The Morgan fingerprint density at radius 1 is 0.848 bits per heavy atom. The second-order valence-electron chi connectivity index (χ2n) is 7.87. The van der Waals surface area contributed by atoms with E-state index in [0.29, 0.717) is 5.56 Å². The number of nitrogens with one attached hydrogen (secondary N) is 2. The molecule has 0 aromatic heterocycles. The van der Waals surface area contributed by atoms with Gasteiger partial charge in [0.05, 0.1) is 11.7 Å². The first-order valence-electron chi connectivity index (χ1n) is 10.7. The summed E-state index contributed by atoms with van der Waals surface area (Å²) in [5, 5.41) is 15.9. The molecule has 0 aliphatic rings. The number of aliphatic hydroxyl groups excluding tert-OH is 1. The molecule has 3 N–H and O–H groups in total. The SMILES string of the molecule is O=C(CC(c1ccccc1)c1ccccc1)NCC(O)CNCc1cccc(C(F)(F)F)c1. The first-order chi connectivity index (χ1) is 15.8. The lowest BCUT2D eigenvalue weighted by atomic mass is 9.88. The summed E-state index contributed by atoms with van der Waals surface area (Å²) >= 11 is 0. The highest BCUT2D eigenvalue weighted by molar-refractivity contribution is 5.77. The van der Waals surface area contributed by atoms with Crippen molar-refractivity contribution in [3.63, 3.8) is 0 Å². The molecule has 4 nitrogen and oxygen atoms in total. The largest absolute Gasteiger partial charge is 0.416 e. The van der Waals surface area contributed by atoms with Crippen molar-refractivity contribution < 1.29 is 23.1 Å². The fourth-order valence-corrected chi connectivity index (χ4v) is 3.60. The normalized spacial score (nSPS) is 12.5. The van der Waals surface area contributed by atoms with Gasteiger partial charge in [0.15, 0.2) is 0 Å². The van der Waals surface area contributed by atoms with E-state index in [-0.39, 0.29) is 37.9 Å². The molecule has 1 atom stereocenters. The van der Waals surface area contributed by atoms with Crippen LogP contribution in [0.4, 0.5) is 13.2 Å². The fourth-order valence-electron chi connectivity index (χ4n) is 3.60. The van der Waals surface area contributed by atoms with Crippen LogP contribution >= 0.6 is 0 Å². The van der Waals surface area contributed by atoms with Crippen LogP contribution in [-0.2, 0) is 17.5 Å². The molecule has 0 saturated heterocycles. The van der Waals surface area contributed by atoms with E-state index in [2.05, 4.69) is 10.6 Å². The summed E-state index contributed by atoms with van der Waals surface area (Å²) < 4.78 is 38.4. The Bertz CT molecular complexity index is 971. The van der Waals surface area contributed by atoms with Gasteiger partial charge in [0.25, 0.3) is 0 Å². The molecule has 3 rings (SSSR count). The van der Waals surface area contributed by atoms with Crippen LogP contribution in [0, 0.1) is 0 Å². The molecular weight excluding hydrogens is 429 g/mol. The van der Waals surface area contributed by atoms with Crippen LogP contribution < -0.4 is 10.6 Å². The smallest absolute Gasteiger partial charge is 0.390 e. The van der Waals surface area contributed by atoms with Gasteiger partial charge < -0.3 is 15.7 Å². The predicted molar refractivity (Wildman–Crippen MR) is 122 cm³/mol. The van der Waals surface area contributed by atoms with Crippen molar-refractivity contribution in [3.05, 3.63) is 107 Å². The lowest BCUT2D eigenvalue weighted by Crippen LogP contribution is -2.38. The molecule has 0 heterocycles. The summed E-state index contributed by atoms with van der Waals surface area (Å²) in [7, 11) is 0. The van der Waals surface area contributed by atoms with E-state index >= 15 is 0 Å². The minimum atomic E-state index is -4.39. The Kier molecular flexibility index (Phi) is 8.63. The fraction of sp³-hybridized carbons (Fsp3) is 0.269. The molecular formula is C26H27F3N2O2. The van der Waals surface area contributed by atoms with E-state index in [1.165, 1.54) is 6.07 Å². The van der Waals surface area contributed by atoms with Gasteiger partial charge in [0, 0.05) is 32.0 Å². The van der Waals surface area contributed by atoms with Gasteiger partial charge in [-0.05, 0) is 22.8 Å². The number of carbonyl (C=O) groups excluding carboxylic acids is 1.